The molecule has 0 fully saturated rings. The molecule has 2 aromatic rings. The van der Waals surface area contributed by atoms with Gasteiger partial charge in [0.1, 0.15) is 5.82 Å². The Morgan fingerprint density at radius 1 is 1.56 bits per heavy atom. The van der Waals surface area contributed by atoms with E-state index < -0.39 is 5.82 Å². The standard InChI is InChI=1S/C12H15ClFN3S/c1-3-18-6-7(2)17-11-5-9(14)8(13)4-10(11)16-12(17)15/h4-5,7H,3,6H2,1-2H3,(H2,15,16). The molecule has 0 spiro atoms. The van der Waals surface area contributed by atoms with Crippen molar-refractivity contribution in [2.24, 2.45) is 0 Å². The highest BCUT2D eigenvalue weighted by Gasteiger charge is 2.16. The highest BCUT2D eigenvalue weighted by molar-refractivity contribution is 7.99. The minimum absolute atomic E-state index is 0.0720. The molecular formula is C12H15ClFN3S. The molecule has 0 amide bonds. The van der Waals surface area contributed by atoms with Crippen molar-refractivity contribution < 1.29 is 4.39 Å². The van der Waals surface area contributed by atoms with E-state index in [9.17, 15) is 4.39 Å². The number of imidazole rings is 1. The average Bonchev–Trinajstić information content (AvgIpc) is 2.62. The SMILES string of the molecule is CCSCC(C)n1c(N)nc2cc(Cl)c(F)cc21. The van der Waals surface area contributed by atoms with Crippen molar-refractivity contribution in [1.29, 1.82) is 0 Å². The number of fused-ring (bicyclic) bond motifs is 1. The molecule has 1 aromatic carbocycles. The van der Waals surface area contributed by atoms with E-state index in [1.807, 2.05) is 23.3 Å². The third-order valence-corrected chi connectivity index (χ3v) is 4.18. The fourth-order valence-corrected chi connectivity index (χ4v) is 2.82. The van der Waals surface area contributed by atoms with E-state index in [2.05, 4.69) is 11.9 Å². The molecule has 0 saturated carbocycles. The first-order valence-electron chi connectivity index (χ1n) is 5.74. The van der Waals surface area contributed by atoms with Crippen molar-refractivity contribution in [2.45, 2.75) is 19.9 Å². The first-order chi connectivity index (χ1) is 8.54. The topological polar surface area (TPSA) is 43.8 Å². The van der Waals surface area contributed by atoms with Crippen molar-refractivity contribution >= 4 is 40.3 Å². The highest BCUT2D eigenvalue weighted by atomic mass is 35.5. The van der Waals surface area contributed by atoms with Crippen LogP contribution in [0.2, 0.25) is 5.02 Å². The Bertz CT molecular complexity index is 570. The number of aromatic nitrogens is 2. The van der Waals surface area contributed by atoms with Crippen LogP contribution in [0.4, 0.5) is 10.3 Å². The fourth-order valence-electron chi connectivity index (χ4n) is 1.94. The lowest BCUT2D eigenvalue weighted by Gasteiger charge is -2.15. The zero-order chi connectivity index (χ0) is 13.3. The molecule has 0 radical (unpaired) electrons. The molecule has 0 aliphatic rings. The van der Waals surface area contributed by atoms with Gasteiger partial charge in [-0.3, -0.25) is 0 Å². The van der Waals surface area contributed by atoms with Crippen LogP contribution in [0.15, 0.2) is 12.1 Å². The van der Waals surface area contributed by atoms with Gasteiger partial charge in [0.05, 0.1) is 16.1 Å². The lowest BCUT2D eigenvalue weighted by Crippen LogP contribution is -2.11. The van der Waals surface area contributed by atoms with Crippen LogP contribution in [-0.2, 0) is 0 Å². The van der Waals surface area contributed by atoms with E-state index in [1.165, 1.54) is 12.1 Å². The largest absolute Gasteiger partial charge is 0.369 e. The second-order valence-electron chi connectivity index (χ2n) is 4.10. The summed E-state index contributed by atoms with van der Waals surface area (Å²) in [4.78, 5) is 4.22. The summed E-state index contributed by atoms with van der Waals surface area (Å²) in [6.45, 7) is 4.15. The summed E-state index contributed by atoms with van der Waals surface area (Å²) in [6, 6.07) is 3.08. The molecule has 1 heterocycles. The third kappa shape index (κ3) is 2.42. The second-order valence-corrected chi connectivity index (χ2v) is 5.83. The number of benzene rings is 1. The molecule has 0 aliphatic heterocycles. The summed E-state index contributed by atoms with van der Waals surface area (Å²) < 4.78 is 15.4. The van der Waals surface area contributed by atoms with Gasteiger partial charge in [-0.1, -0.05) is 18.5 Å². The Kier molecular flexibility index (Phi) is 4.02. The second kappa shape index (κ2) is 5.36. The first kappa shape index (κ1) is 13.5. The number of nitrogen functional groups attached to an aromatic ring is 1. The molecule has 0 saturated heterocycles. The Morgan fingerprint density at radius 2 is 2.28 bits per heavy atom. The lowest BCUT2D eigenvalue weighted by molar-refractivity contribution is 0.619. The van der Waals surface area contributed by atoms with Crippen molar-refractivity contribution in [3.8, 4) is 0 Å². The van der Waals surface area contributed by atoms with Gasteiger partial charge >= 0.3 is 0 Å². The number of halogens is 2. The van der Waals surface area contributed by atoms with Gasteiger partial charge in [0.2, 0.25) is 5.95 Å². The maximum Gasteiger partial charge on any atom is 0.201 e. The molecule has 1 aromatic heterocycles. The van der Waals surface area contributed by atoms with Crippen molar-refractivity contribution in [2.75, 3.05) is 17.2 Å². The number of nitrogens with zero attached hydrogens (tertiary/aromatic N) is 2. The summed E-state index contributed by atoms with van der Waals surface area (Å²) in [5.74, 6) is 1.91. The molecule has 0 bridgehead atoms. The number of anilines is 1. The van der Waals surface area contributed by atoms with Gasteiger partial charge in [-0.15, -0.1) is 0 Å². The lowest BCUT2D eigenvalue weighted by atomic mass is 10.3. The molecule has 2 rings (SSSR count). The first-order valence-corrected chi connectivity index (χ1v) is 7.28. The van der Waals surface area contributed by atoms with Crippen LogP contribution >= 0.6 is 23.4 Å². The third-order valence-electron chi connectivity index (χ3n) is 2.76. The quantitative estimate of drug-likeness (QED) is 0.932. The normalized spacial score (nSPS) is 13.1. The predicted molar refractivity (Wildman–Crippen MR) is 76.8 cm³/mol. The minimum Gasteiger partial charge on any atom is -0.369 e. The van der Waals surface area contributed by atoms with E-state index >= 15 is 0 Å². The van der Waals surface area contributed by atoms with Gasteiger partial charge in [-0.05, 0) is 18.7 Å². The molecule has 1 unspecified atom stereocenters. The van der Waals surface area contributed by atoms with Crippen molar-refractivity contribution in [1.82, 2.24) is 9.55 Å². The molecule has 3 nitrogen and oxygen atoms in total. The summed E-state index contributed by atoms with van der Waals surface area (Å²) in [5.41, 5.74) is 7.23. The van der Waals surface area contributed by atoms with Gasteiger partial charge in [-0.25, -0.2) is 9.37 Å². The number of rotatable bonds is 4. The van der Waals surface area contributed by atoms with Crippen LogP contribution in [0.5, 0.6) is 0 Å². The Hall–Kier alpha value is -0.940. The molecule has 2 N–H and O–H groups in total. The number of hydrogen-bond acceptors (Lipinski definition) is 3. The van der Waals surface area contributed by atoms with Crippen LogP contribution in [-0.4, -0.2) is 21.1 Å². The summed E-state index contributed by atoms with van der Waals surface area (Å²) in [5, 5.41) is 0.0720. The maximum absolute atomic E-state index is 13.5. The summed E-state index contributed by atoms with van der Waals surface area (Å²) >= 11 is 7.56. The van der Waals surface area contributed by atoms with Gasteiger partial charge in [-0.2, -0.15) is 11.8 Å². The van der Waals surface area contributed by atoms with E-state index in [0.29, 0.717) is 17.0 Å². The Morgan fingerprint density at radius 3 is 2.94 bits per heavy atom. The van der Waals surface area contributed by atoms with E-state index in [4.69, 9.17) is 17.3 Å². The molecule has 6 heteroatoms. The van der Waals surface area contributed by atoms with Crippen LogP contribution in [0.3, 0.4) is 0 Å². The minimum atomic E-state index is -0.444. The monoisotopic (exact) mass is 287 g/mol. The zero-order valence-electron chi connectivity index (χ0n) is 10.3. The van der Waals surface area contributed by atoms with Gasteiger partial charge in [0.25, 0.3) is 0 Å². The van der Waals surface area contributed by atoms with Crippen molar-refractivity contribution in [3.05, 3.63) is 23.0 Å². The highest BCUT2D eigenvalue weighted by Crippen LogP contribution is 2.28. The Balaban J connectivity index is 2.49. The maximum atomic E-state index is 13.5. The molecule has 18 heavy (non-hydrogen) atoms. The number of nitrogens with two attached hydrogens (primary N) is 1. The van der Waals surface area contributed by atoms with Crippen LogP contribution in [0, 0.1) is 5.82 Å². The molecular weight excluding hydrogens is 273 g/mol. The predicted octanol–water partition coefficient (Wildman–Crippen LogP) is 3.73. The summed E-state index contributed by atoms with van der Waals surface area (Å²) in [6.07, 6.45) is 0. The van der Waals surface area contributed by atoms with E-state index in [0.717, 1.165) is 11.5 Å². The Labute approximate surface area is 115 Å². The number of thioether (sulfide) groups is 1. The molecule has 98 valence electrons. The summed E-state index contributed by atoms with van der Waals surface area (Å²) in [7, 11) is 0. The van der Waals surface area contributed by atoms with Crippen LogP contribution < -0.4 is 5.73 Å². The van der Waals surface area contributed by atoms with Gasteiger partial charge in [0.15, 0.2) is 0 Å². The van der Waals surface area contributed by atoms with Crippen LogP contribution in [0.1, 0.15) is 19.9 Å². The van der Waals surface area contributed by atoms with Gasteiger partial charge < -0.3 is 10.3 Å². The molecule has 1 atom stereocenters. The fraction of sp³-hybridized carbons (Fsp3) is 0.417. The van der Waals surface area contributed by atoms with Crippen LogP contribution in [0.25, 0.3) is 11.0 Å². The average molecular weight is 288 g/mol. The van der Waals surface area contributed by atoms with E-state index in [-0.39, 0.29) is 11.1 Å². The van der Waals surface area contributed by atoms with E-state index in [1.54, 1.807) is 0 Å². The smallest absolute Gasteiger partial charge is 0.201 e. The zero-order valence-corrected chi connectivity index (χ0v) is 11.9. The van der Waals surface area contributed by atoms with Gasteiger partial charge in [0, 0.05) is 17.9 Å². The molecule has 0 aliphatic carbocycles. The number of hydrogen-bond donors (Lipinski definition) is 1. The van der Waals surface area contributed by atoms with Crippen molar-refractivity contribution in [3.63, 3.8) is 0 Å².